The maximum atomic E-state index is 11.1. The van der Waals surface area contributed by atoms with Gasteiger partial charge in [-0.3, -0.25) is 0 Å². The van der Waals surface area contributed by atoms with Gasteiger partial charge in [0, 0.05) is 18.3 Å². The molecular weight excluding hydrogens is 242 g/mol. The molecule has 2 saturated heterocycles. The van der Waals surface area contributed by atoms with Crippen molar-refractivity contribution in [3.05, 3.63) is 11.7 Å². The molecule has 2 aliphatic heterocycles. The number of rotatable bonds is 3. The quantitative estimate of drug-likeness (QED) is 0.834. The Bertz CT molecular complexity index is 525. The molecule has 94 valence electrons. The monoisotopic (exact) mass is 257 g/mol. The first-order chi connectivity index (χ1) is 8.01. The van der Waals surface area contributed by atoms with Crippen LogP contribution in [0.15, 0.2) is 4.52 Å². The first-order valence-corrected chi connectivity index (χ1v) is 7.83. The fraction of sp³-hybridized carbons (Fsp3) is 0.800. The predicted molar refractivity (Wildman–Crippen MR) is 60.1 cm³/mol. The highest BCUT2D eigenvalue weighted by molar-refractivity contribution is 7.89. The molecule has 2 aliphatic rings. The lowest BCUT2D eigenvalue weighted by Crippen LogP contribution is -2.21. The fourth-order valence-corrected chi connectivity index (χ4v) is 3.39. The molecule has 3 atom stereocenters. The van der Waals surface area contributed by atoms with E-state index in [0.29, 0.717) is 18.0 Å². The third kappa shape index (κ3) is 2.21. The third-order valence-electron chi connectivity index (χ3n) is 3.49. The van der Waals surface area contributed by atoms with Crippen molar-refractivity contribution in [1.29, 1.82) is 0 Å². The minimum atomic E-state index is -3.10. The Hall–Kier alpha value is -0.950. The van der Waals surface area contributed by atoms with Gasteiger partial charge >= 0.3 is 0 Å². The summed E-state index contributed by atoms with van der Waals surface area (Å²) in [4.78, 5) is 4.20. The molecule has 0 radical (unpaired) electrons. The lowest BCUT2D eigenvalue weighted by atomic mass is 9.89. The zero-order valence-electron chi connectivity index (χ0n) is 9.59. The second-order valence-corrected chi connectivity index (χ2v) is 7.15. The van der Waals surface area contributed by atoms with E-state index in [-0.39, 0.29) is 17.5 Å². The van der Waals surface area contributed by atoms with E-state index in [9.17, 15) is 8.42 Å². The maximum absolute atomic E-state index is 11.1. The van der Waals surface area contributed by atoms with Gasteiger partial charge in [-0.05, 0) is 19.3 Å². The largest absolute Gasteiger partial charge is 0.339 e. The highest BCUT2D eigenvalue weighted by Gasteiger charge is 2.42. The van der Waals surface area contributed by atoms with Gasteiger partial charge in [0.15, 0.2) is 15.7 Å². The molecule has 0 aromatic carbocycles. The summed E-state index contributed by atoms with van der Waals surface area (Å²) in [6.07, 6.45) is 4.54. The zero-order chi connectivity index (χ0) is 12.0. The molecule has 2 fully saturated rings. The molecule has 0 spiro atoms. The molecule has 3 unspecified atom stereocenters. The van der Waals surface area contributed by atoms with E-state index in [1.807, 2.05) is 0 Å². The van der Waals surface area contributed by atoms with E-state index in [4.69, 9.17) is 4.52 Å². The van der Waals surface area contributed by atoms with Gasteiger partial charge in [-0.1, -0.05) is 5.16 Å². The first kappa shape index (κ1) is 11.2. The SMILES string of the molecule is CS(=O)(=O)Cc1noc(C2CC3CCC2N3)n1. The Morgan fingerprint density at radius 1 is 1.47 bits per heavy atom. The third-order valence-corrected chi connectivity index (χ3v) is 4.27. The molecule has 2 bridgehead atoms. The molecule has 6 nitrogen and oxygen atoms in total. The molecule has 0 amide bonds. The van der Waals surface area contributed by atoms with Crippen LogP contribution in [0.1, 0.15) is 36.9 Å². The molecule has 7 heteroatoms. The number of sulfone groups is 1. The van der Waals surface area contributed by atoms with Gasteiger partial charge in [-0.25, -0.2) is 8.42 Å². The summed E-state index contributed by atoms with van der Waals surface area (Å²) in [5, 5.41) is 7.22. The topological polar surface area (TPSA) is 85.1 Å². The van der Waals surface area contributed by atoms with Crippen molar-refractivity contribution in [3.63, 3.8) is 0 Å². The molecule has 1 aromatic heterocycles. The number of hydrogen-bond acceptors (Lipinski definition) is 6. The highest BCUT2D eigenvalue weighted by Crippen LogP contribution is 2.39. The summed E-state index contributed by atoms with van der Waals surface area (Å²) in [5.74, 6) is 0.966. The smallest absolute Gasteiger partial charge is 0.231 e. The highest BCUT2D eigenvalue weighted by atomic mass is 32.2. The van der Waals surface area contributed by atoms with E-state index >= 15 is 0 Å². The van der Waals surface area contributed by atoms with E-state index in [2.05, 4.69) is 15.5 Å². The molecule has 1 N–H and O–H groups in total. The number of aromatic nitrogens is 2. The minimum Gasteiger partial charge on any atom is -0.339 e. The maximum Gasteiger partial charge on any atom is 0.231 e. The Labute approximate surface area is 99.7 Å². The number of nitrogens with zero attached hydrogens (tertiary/aromatic N) is 2. The van der Waals surface area contributed by atoms with Crippen molar-refractivity contribution in [1.82, 2.24) is 15.5 Å². The van der Waals surface area contributed by atoms with Crippen LogP contribution in [0.3, 0.4) is 0 Å². The molecule has 0 saturated carbocycles. The fourth-order valence-electron chi connectivity index (χ4n) is 2.81. The average molecular weight is 257 g/mol. The van der Waals surface area contributed by atoms with Crippen molar-refractivity contribution < 1.29 is 12.9 Å². The molecule has 0 aliphatic carbocycles. The Morgan fingerprint density at radius 2 is 2.29 bits per heavy atom. The van der Waals surface area contributed by atoms with Crippen LogP contribution in [0.5, 0.6) is 0 Å². The number of hydrogen-bond donors (Lipinski definition) is 1. The lowest BCUT2D eigenvalue weighted by Gasteiger charge is -2.15. The zero-order valence-corrected chi connectivity index (χ0v) is 10.4. The minimum absolute atomic E-state index is 0.148. The van der Waals surface area contributed by atoms with Gasteiger partial charge in [0.25, 0.3) is 0 Å². The van der Waals surface area contributed by atoms with Crippen LogP contribution >= 0.6 is 0 Å². The van der Waals surface area contributed by atoms with Crippen molar-refractivity contribution in [3.8, 4) is 0 Å². The number of fused-ring (bicyclic) bond motifs is 2. The summed E-state index contributed by atoms with van der Waals surface area (Å²) in [6.45, 7) is 0. The van der Waals surface area contributed by atoms with Crippen molar-refractivity contribution in [2.45, 2.75) is 43.0 Å². The lowest BCUT2D eigenvalue weighted by molar-refractivity contribution is 0.327. The van der Waals surface area contributed by atoms with Crippen LogP contribution in [-0.2, 0) is 15.6 Å². The van der Waals surface area contributed by atoms with Crippen molar-refractivity contribution in [2.75, 3.05) is 6.26 Å². The van der Waals surface area contributed by atoms with Gasteiger partial charge in [-0.2, -0.15) is 4.98 Å². The van der Waals surface area contributed by atoms with E-state index in [1.54, 1.807) is 0 Å². The molecule has 3 rings (SSSR count). The second-order valence-electron chi connectivity index (χ2n) is 5.01. The van der Waals surface area contributed by atoms with Crippen LogP contribution in [0.4, 0.5) is 0 Å². The summed E-state index contributed by atoms with van der Waals surface area (Å²) in [6, 6.07) is 0.988. The van der Waals surface area contributed by atoms with Crippen molar-refractivity contribution in [2.24, 2.45) is 0 Å². The summed E-state index contributed by atoms with van der Waals surface area (Å²) in [7, 11) is -3.10. The predicted octanol–water partition coefficient (Wildman–Crippen LogP) is 0.222. The van der Waals surface area contributed by atoms with Crippen LogP contribution in [-0.4, -0.2) is 36.9 Å². The number of nitrogens with one attached hydrogen (secondary N) is 1. The Balaban J connectivity index is 1.77. The average Bonchev–Trinajstić information content (AvgIpc) is 2.87. The van der Waals surface area contributed by atoms with E-state index in [1.165, 1.54) is 12.7 Å². The molecule has 3 heterocycles. The van der Waals surface area contributed by atoms with Gasteiger partial charge in [0.2, 0.25) is 5.89 Å². The molecule has 1 aromatic rings. The summed E-state index contributed by atoms with van der Waals surface area (Å²) >= 11 is 0. The van der Waals surface area contributed by atoms with Crippen LogP contribution in [0.2, 0.25) is 0 Å². The molecular formula is C10H15N3O3S. The van der Waals surface area contributed by atoms with E-state index in [0.717, 1.165) is 12.8 Å². The summed E-state index contributed by atoms with van der Waals surface area (Å²) in [5.41, 5.74) is 0. The first-order valence-electron chi connectivity index (χ1n) is 5.77. The van der Waals surface area contributed by atoms with Crippen LogP contribution < -0.4 is 5.32 Å². The summed E-state index contributed by atoms with van der Waals surface area (Å²) < 4.78 is 27.4. The van der Waals surface area contributed by atoms with Crippen LogP contribution in [0, 0.1) is 0 Å². The van der Waals surface area contributed by atoms with Gasteiger partial charge in [-0.15, -0.1) is 0 Å². The second kappa shape index (κ2) is 3.78. The Morgan fingerprint density at radius 3 is 2.88 bits per heavy atom. The van der Waals surface area contributed by atoms with Crippen LogP contribution in [0.25, 0.3) is 0 Å². The molecule has 17 heavy (non-hydrogen) atoms. The van der Waals surface area contributed by atoms with Gasteiger partial charge < -0.3 is 9.84 Å². The standard InChI is InChI=1S/C10H15N3O3S/c1-17(14,15)5-9-12-10(16-13-9)7-4-6-2-3-8(7)11-6/h6-8,11H,2-5H2,1H3. The van der Waals surface area contributed by atoms with Crippen molar-refractivity contribution >= 4 is 9.84 Å². The Kier molecular flexibility index (Phi) is 2.48. The van der Waals surface area contributed by atoms with Gasteiger partial charge in [0.05, 0.1) is 5.92 Å². The van der Waals surface area contributed by atoms with E-state index < -0.39 is 9.84 Å². The normalized spacial score (nSPS) is 32.2. The van der Waals surface area contributed by atoms with Gasteiger partial charge in [0.1, 0.15) is 5.75 Å².